The van der Waals surface area contributed by atoms with Crippen molar-refractivity contribution in [1.29, 1.82) is 10.5 Å². The van der Waals surface area contributed by atoms with Gasteiger partial charge in [0.2, 0.25) is 0 Å². The molecular weight excluding hydrogens is 279 g/mol. The van der Waals surface area contributed by atoms with E-state index in [1.165, 1.54) is 6.07 Å². The van der Waals surface area contributed by atoms with Crippen LogP contribution in [0.15, 0.2) is 42.5 Å². The Labute approximate surface area is 118 Å². The molecule has 0 radical (unpaired) electrons. The molecule has 21 heavy (non-hydrogen) atoms. The Kier molecular flexibility index (Phi) is 3.82. The molecule has 0 aliphatic heterocycles. The molecule has 0 saturated carbocycles. The van der Waals surface area contributed by atoms with Gasteiger partial charge in [-0.2, -0.15) is 23.7 Å². The molecule has 0 aromatic heterocycles. The summed E-state index contributed by atoms with van der Waals surface area (Å²) in [7, 11) is 0. The van der Waals surface area contributed by atoms with Crippen molar-refractivity contribution < 1.29 is 13.2 Å². The van der Waals surface area contributed by atoms with Crippen LogP contribution in [-0.4, -0.2) is 0 Å². The fraction of sp³-hybridized carbons (Fsp3) is 0.0667. The number of halogens is 3. The summed E-state index contributed by atoms with van der Waals surface area (Å²) in [6.07, 6.45) is -4.50. The van der Waals surface area contributed by atoms with E-state index in [2.05, 4.69) is 5.32 Å². The number of rotatable bonds is 2. The minimum absolute atomic E-state index is 0.118. The maximum absolute atomic E-state index is 12.6. The van der Waals surface area contributed by atoms with E-state index in [4.69, 9.17) is 10.5 Å². The molecule has 2 aromatic rings. The van der Waals surface area contributed by atoms with Crippen molar-refractivity contribution in [2.24, 2.45) is 0 Å². The van der Waals surface area contributed by atoms with Crippen molar-refractivity contribution in [2.75, 3.05) is 5.32 Å². The van der Waals surface area contributed by atoms with Crippen LogP contribution in [0.5, 0.6) is 0 Å². The van der Waals surface area contributed by atoms with E-state index in [0.29, 0.717) is 11.3 Å². The van der Waals surface area contributed by atoms with Crippen LogP contribution in [0.1, 0.15) is 16.7 Å². The van der Waals surface area contributed by atoms with Crippen molar-refractivity contribution >= 4 is 11.4 Å². The summed E-state index contributed by atoms with van der Waals surface area (Å²) in [5.41, 5.74) is 0.180. The van der Waals surface area contributed by atoms with Crippen LogP contribution in [0.25, 0.3) is 0 Å². The van der Waals surface area contributed by atoms with Crippen molar-refractivity contribution in [3.63, 3.8) is 0 Å². The summed E-state index contributed by atoms with van der Waals surface area (Å²) < 4.78 is 37.8. The highest BCUT2D eigenvalue weighted by Crippen LogP contribution is 2.32. The van der Waals surface area contributed by atoms with Crippen LogP contribution in [0.3, 0.4) is 0 Å². The maximum Gasteiger partial charge on any atom is 0.416 e. The van der Waals surface area contributed by atoms with Crippen molar-refractivity contribution in [1.82, 2.24) is 0 Å². The van der Waals surface area contributed by atoms with Crippen LogP contribution >= 0.6 is 0 Å². The molecule has 0 aliphatic carbocycles. The summed E-state index contributed by atoms with van der Waals surface area (Å²) in [4.78, 5) is 0. The minimum Gasteiger partial charge on any atom is -0.354 e. The van der Waals surface area contributed by atoms with E-state index < -0.39 is 11.7 Å². The first kappa shape index (κ1) is 14.4. The highest BCUT2D eigenvalue weighted by atomic mass is 19.4. The molecule has 0 heterocycles. The van der Waals surface area contributed by atoms with E-state index >= 15 is 0 Å². The lowest BCUT2D eigenvalue weighted by molar-refractivity contribution is -0.137. The van der Waals surface area contributed by atoms with Gasteiger partial charge in [0.1, 0.15) is 6.07 Å². The van der Waals surface area contributed by atoms with Gasteiger partial charge in [-0.15, -0.1) is 0 Å². The molecule has 2 rings (SSSR count). The van der Waals surface area contributed by atoms with Gasteiger partial charge < -0.3 is 5.32 Å². The quantitative estimate of drug-likeness (QED) is 0.900. The monoisotopic (exact) mass is 287 g/mol. The first-order valence-corrected chi connectivity index (χ1v) is 5.82. The lowest BCUT2D eigenvalue weighted by Gasteiger charge is -2.11. The zero-order valence-electron chi connectivity index (χ0n) is 10.6. The van der Waals surface area contributed by atoms with Gasteiger partial charge in [-0.25, -0.2) is 0 Å². The SMILES string of the molecule is N#Cc1cccc(Nc2ccc(C(F)(F)F)cc2C#N)c1. The van der Waals surface area contributed by atoms with Crippen LogP contribution in [0.4, 0.5) is 24.5 Å². The molecule has 6 heteroatoms. The number of benzene rings is 2. The van der Waals surface area contributed by atoms with Crippen LogP contribution < -0.4 is 5.32 Å². The molecule has 2 aromatic carbocycles. The number of nitrogens with zero attached hydrogens (tertiary/aromatic N) is 2. The molecule has 0 atom stereocenters. The van der Waals surface area contributed by atoms with E-state index in [1.807, 2.05) is 6.07 Å². The Hall–Kier alpha value is -2.99. The Morgan fingerprint density at radius 2 is 1.71 bits per heavy atom. The first-order chi connectivity index (χ1) is 9.94. The normalized spacial score (nSPS) is 10.5. The van der Waals surface area contributed by atoms with Crippen molar-refractivity contribution in [3.8, 4) is 12.1 Å². The molecule has 0 aliphatic rings. The Morgan fingerprint density at radius 1 is 0.952 bits per heavy atom. The summed E-state index contributed by atoms with van der Waals surface area (Å²) >= 11 is 0. The van der Waals surface area contributed by atoms with E-state index in [-0.39, 0.29) is 11.3 Å². The number of nitriles is 2. The van der Waals surface area contributed by atoms with E-state index in [1.54, 1.807) is 30.3 Å². The van der Waals surface area contributed by atoms with Gasteiger partial charge in [0.05, 0.1) is 28.4 Å². The molecule has 0 amide bonds. The van der Waals surface area contributed by atoms with Gasteiger partial charge in [0.15, 0.2) is 0 Å². The highest BCUT2D eigenvalue weighted by molar-refractivity contribution is 5.68. The Bertz CT molecular complexity index is 752. The largest absolute Gasteiger partial charge is 0.416 e. The number of nitrogens with one attached hydrogen (secondary N) is 1. The van der Waals surface area contributed by atoms with Gasteiger partial charge in [-0.05, 0) is 36.4 Å². The number of hydrogen-bond donors (Lipinski definition) is 1. The minimum atomic E-state index is -4.50. The topological polar surface area (TPSA) is 59.6 Å². The second-order valence-corrected chi connectivity index (χ2v) is 4.19. The fourth-order valence-corrected chi connectivity index (χ4v) is 1.74. The third kappa shape index (κ3) is 3.31. The molecule has 0 bridgehead atoms. The van der Waals surface area contributed by atoms with Crippen LogP contribution in [0.2, 0.25) is 0 Å². The third-order valence-corrected chi connectivity index (χ3v) is 2.74. The highest BCUT2D eigenvalue weighted by Gasteiger charge is 2.31. The predicted molar refractivity (Wildman–Crippen MR) is 70.6 cm³/mol. The summed E-state index contributed by atoms with van der Waals surface area (Å²) in [6, 6.07) is 13.0. The summed E-state index contributed by atoms with van der Waals surface area (Å²) in [5, 5.41) is 20.6. The van der Waals surface area contributed by atoms with Gasteiger partial charge in [0, 0.05) is 5.69 Å². The smallest absolute Gasteiger partial charge is 0.354 e. The van der Waals surface area contributed by atoms with Crippen molar-refractivity contribution in [2.45, 2.75) is 6.18 Å². The van der Waals surface area contributed by atoms with Gasteiger partial charge in [-0.3, -0.25) is 0 Å². The lowest BCUT2D eigenvalue weighted by atomic mass is 10.1. The number of alkyl halides is 3. The maximum atomic E-state index is 12.6. The molecular formula is C15H8F3N3. The average Bonchev–Trinajstić information content (AvgIpc) is 2.46. The zero-order valence-corrected chi connectivity index (χ0v) is 10.6. The molecule has 1 N–H and O–H groups in total. The Morgan fingerprint density at radius 3 is 2.33 bits per heavy atom. The third-order valence-electron chi connectivity index (χ3n) is 2.74. The molecule has 3 nitrogen and oxygen atoms in total. The molecule has 0 unspecified atom stereocenters. The second-order valence-electron chi connectivity index (χ2n) is 4.19. The molecule has 0 fully saturated rings. The average molecular weight is 287 g/mol. The van der Waals surface area contributed by atoms with Gasteiger partial charge in [-0.1, -0.05) is 6.07 Å². The standard InChI is InChI=1S/C15H8F3N3/c16-15(17,18)12-4-5-14(11(7-12)9-20)21-13-3-1-2-10(6-13)8-19/h1-7,21H. The lowest BCUT2D eigenvalue weighted by Crippen LogP contribution is -2.06. The fourth-order valence-electron chi connectivity index (χ4n) is 1.74. The first-order valence-electron chi connectivity index (χ1n) is 5.82. The number of hydrogen-bond acceptors (Lipinski definition) is 3. The van der Waals surface area contributed by atoms with Crippen LogP contribution in [-0.2, 0) is 6.18 Å². The second kappa shape index (κ2) is 5.56. The zero-order chi connectivity index (χ0) is 15.5. The van der Waals surface area contributed by atoms with Crippen LogP contribution in [0, 0.1) is 22.7 Å². The van der Waals surface area contributed by atoms with Gasteiger partial charge in [0.25, 0.3) is 0 Å². The molecule has 0 spiro atoms. The molecule has 104 valence electrons. The van der Waals surface area contributed by atoms with E-state index in [0.717, 1.165) is 12.1 Å². The predicted octanol–water partition coefficient (Wildman–Crippen LogP) is 4.19. The number of anilines is 2. The van der Waals surface area contributed by atoms with Crippen molar-refractivity contribution in [3.05, 3.63) is 59.2 Å². The summed E-state index contributed by atoms with van der Waals surface area (Å²) in [5.74, 6) is 0. The van der Waals surface area contributed by atoms with E-state index in [9.17, 15) is 13.2 Å². The van der Waals surface area contributed by atoms with Gasteiger partial charge >= 0.3 is 6.18 Å². The Balaban J connectivity index is 2.37. The molecule has 0 saturated heterocycles. The summed E-state index contributed by atoms with van der Waals surface area (Å²) in [6.45, 7) is 0.